The van der Waals surface area contributed by atoms with Crippen molar-refractivity contribution in [3.8, 4) is 17.1 Å². The van der Waals surface area contributed by atoms with Gasteiger partial charge in [0, 0.05) is 12.7 Å². The van der Waals surface area contributed by atoms with E-state index in [2.05, 4.69) is 10.1 Å². The maximum Gasteiger partial charge on any atom is 0.252 e. The molecule has 0 fully saturated rings. The molecule has 0 N–H and O–H groups in total. The lowest BCUT2D eigenvalue weighted by Crippen LogP contribution is -1.88. The molecule has 0 aliphatic carbocycles. The monoisotopic (exact) mass is 220 g/mol. The Balaban J connectivity index is 2.27. The molecule has 1 aromatic heterocycles. The molecule has 0 spiro atoms. The predicted octanol–water partition coefficient (Wildman–Crippen LogP) is 1.89. The first-order valence-electron chi connectivity index (χ1n) is 4.79. The summed E-state index contributed by atoms with van der Waals surface area (Å²) in [5.74, 6) is 1.75. The fourth-order valence-electron chi connectivity index (χ4n) is 1.32. The fraction of sp³-hybridized carbons (Fsp3) is 0.273. The topological polar surface area (TPSA) is 57.4 Å². The third kappa shape index (κ3) is 2.20. The van der Waals surface area contributed by atoms with E-state index in [9.17, 15) is 0 Å². The highest BCUT2D eigenvalue weighted by Crippen LogP contribution is 2.21. The van der Waals surface area contributed by atoms with Gasteiger partial charge in [0.15, 0.2) is 0 Å². The Morgan fingerprint density at radius 2 is 2.19 bits per heavy atom. The zero-order valence-electron chi connectivity index (χ0n) is 9.14. The van der Waals surface area contributed by atoms with Gasteiger partial charge in [-0.15, -0.1) is 0 Å². The third-order valence-corrected chi connectivity index (χ3v) is 2.06. The van der Waals surface area contributed by atoms with Crippen LogP contribution in [0, 0.1) is 0 Å². The van der Waals surface area contributed by atoms with Crippen molar-refractivity contribution < 1.29 is 14.0 Å². The Hall–Kier alpha value is -1.88. The van der Waals surface area contributed by atoms with Crippen LogP contribution in [-0.2, 0) is 11.3 Å². The van der Waals surface area contributed by atoms with Crippen LogP contribution in [0.25, 0.3) is 11.4 Å². The molecule has 5 nitrogen and oxygen atoms in total. The molecular weight excluding hydrogens is 208 g/mol. The lowest BCUT2D eigenvalue weighted by atomic mass is 10.2. The van der Waals surface area contributed by atoms with Crippen LogP contribution >= 0.6 is 0 Å². The van der Waals surface area contributed by atoms with Crippen molar-refractivity contribution in [1.29, 1.82) is 0 Å². The molecule has 0 radical (unpaired) electrons. The van der Waals surface area contributed by atoms with Crippen LogP contribution in [-0.4, -0.2) is 24.4 Å². The Labute approximate surface area is 93.0 Å². The van der Waals surface area contributed by atoms with Crippen molar-refractivity contribution in [3.05, 3.63) is 30.2 Å². The summed E-state index contributed by atoms with van der Waals surface area (Å²) in [6.45, 7) is 0.316. The number of rotatable bonds is 4. The van der Waals surface area contributed by atoms with Crippen LogP contribution in [0.4, 0.5) is 0 Å². The highest BCUT2D eigenvalue weighted by molar-refractivity contribution is 5.56. The molecule has 2 rings (SSSR count). The van der Waals surface area contributed by atoms with E-state index in [1.807, 2.05) is 24.3 Å². The van der Waals surface area contributed by atoms with Gasteiger partial charge in [-0.05, 0) is 12.1 Å². The van der Waals surface area contributed by atoms with E-state index in [-0.39, 0.29) is 0 Å². The van der Waals surface area contributed by atoms with Gasteiger partial charge in [0.05, 0.1) is 7.11 Å². The second-order valence-electron chi connectivity index (χ2n) is 3.18. The molecule has 5 heteroatoms. The summed E-state index contributed by atoms with van der Waals surface area (Å²) in [5, 5.41) is 3.86. The van der Waals surface area contributed by atoms with E-state index in [0.29, 0.717) is 18.3 Å². The highest BCUT2D eigenvalue weighted by atomic mass is 16.5. The number of benzene rings is 1. The largest absolute Gasteiger partial charge is 0.497 e. The molecule has 16 heavy (non-hydrogen) atoms. The molecule has 0 aliphatic rings. The molecule has 0 bridgehead atoms. The van der Waals surface area contributed by atoms with Crippen LogP contribution in [0.3, 0.4) is 0 Å². The van der Waals surface area contributed by atoms with Crippen LogP contribution in [0.15, 0.2) is 28.8 Å². The van der Waals surface area contributed by atoms with E-state index in [4.69, 9.17) is 14.0 Å². The summed E-state index contributed by atoms with van der Waals surface area (Å²) < 4.78 is 15.0. The first kappa shape index (κ1) is 10.6. The molecule has 1 heterocycles. The minimum Gasteiger partial charge on any atom is -0.497 e. The smallest absolute Gasteiger partial charge is 0.252 e. The molecule has 0 unspecified atom stereocenters. The quantitative estimate of drug-likeness (QED) is 0.787. The van der Waals surface area contributed by atoms with Gasteiger partial charge in [-0.3, -0.25) is 0 Å². The van der Waals surface area contributed by atoms with E-state index in [1.54, 1.807) is 14.2 Å². The molecule has 2 aromatic rings. The Morgan fingerprint density at radius 1 is 1.31 bits per heavy atom. The number of aromatic nitrogens is 2. The molecule has 0 saturated carbocycles. The Morgan fingerprint density at radius 3 is 2.94 bits per heavy atom. The predicted molar refractivity (Wildman–Crippen MR) is 57.0 cm³/mol. The highest BCUT2D eigenvalue weighted by Gasteiger charge is 2.08. The normalized spacial score (nSPS) is 10.4. The van der Waals surface area contributed by atoms with Gasteiger partial charge in [-0.25, -0.2) is 0 Å². The summed E-state index contributed by atoms with van der Waals surface area (Å²) in [4.78, 5) is 4.19. The minimum atomic E-state index is 0.316. The number of hydrogen-bond donors (Lipinski definition) is 0. The van der Waals surface area contributed by atoms with Crippen molar-refractivity contribution in [1.82, 2.24) is 10.1 Å². The number of nitrogens with zero attached hydrogens (tertiary/aromatic N) is 2. The zero-order valence-corrected chi connectivity index (χ0v) is 9.14. The van der Waals surface area contributed by atoms with Gasteiger partial charge in [-0.1, -0.05) is 17.3 Å². The van der Waals surface area contributed by atoms with Gasteiger partial charge in [0.2, 0.25) is 5.82 Å². The van der Waals surface area contributed by atoms with E-state index in [1.165, 1.54) is 0 Å². The van der Waals surface area contributed by atoms with Crippen molar-refractivity contribution in [2.24, 2.45) is 0 Å². The summed E-state index contributed by atoms with van der Waals surface area (Å²) in [7, 11) is 3.20. The van der Waals surface area contributed by atoms with Gasteiger partial charge in [-0.2, -0.15) is 4.98 Å². The zero-order chi connectivity index (χ0) is 11.4. The first-order chi connectivity index (χ1) is 7.83. The molecule has 0 saturated heterocycles. The number of methoxy groups -OCH3 is 2. The standard InChI is InChI=1S/C11H12N2O3/c1-14-7-10-12-11(13-16-10)8-4-3-5-9(6-8)15-2/h3-6H,7H2,1-2H3. The van der Waals surface area contributed by atoms with E-state index in [0.717, 1.165) is 11.3 Å². The molecular formula is C11H12N2O3. The Bertz CT molecular complexity index is 468. The van der Waals surface area contributed by atoms with Gasteiger partial charge in [0.25, 0.3) is 5.89 Å². The second-order valence-corrected chi connectivity index (χ2v) is 3.18. The lowest BCUT2D eigenvalue weighted by Gasteiger charge is -1.99. The molecule has 84 valence electrons. The summed E-state index contributed by atoms with van der Waals surface area (Å²) in [6, 6.07) is 7.48. The van der Waals surface area contributed by atoms with Crippen LogP contribution in [0.5, 0.6) is 5.75 Å². The van der Waals surface area contributed by atoms with Crippen molar-refractivity contribution in [2.75, 3.05) is 14.2 Å². The molecule has 0 aliphatic heterocycles. The van der Waals surface area contributed by atoms with E-state index < -0.39 is 0 Å². The van der Waals surface area contributed by atoms with Crippen molar-refractivity contribution in [3.63, 3.8) is 0 Å². The summed E-state index contributed by atoms with van der Waals surface area (Å²) in [6.07, 6.45) is 0. The number of ether oxygens (including phenoxy) is 2. The lowest BCUT2D eigenvalue weighted by molar-refractivity contribution is 0.151. The minimum absolute atomic E-state index is 0.316. The van der Waals surface area contributed by atoms with Crippen molar-refractivity contribution in [2.45, 2.75) is 6.61 Å². The van der Waals surface area contributed by atoms with Crippen LogP contribution in [0.1, 0.15) is 5.89 Å². The van der Waals surface area contributed by atoms with Crippen LogP contribution in [0.2, 0.25) is 0 Å². The van der Waals surface area contributed by atoms with E-state index >= 15 is 0 Å². The molecule has 1 aromatic carbocycles. The third-order valence-electron chi connectivity index (χ3n) is 2.06. The second kappa shape index (κ2) is 4.76. The SMILES string of the molecule is COCc1nc(-c2cccc(OC)c2)no1. The number of hydrogen-bond acceptors (Lipinski definition) is 5. The molecule has 0 atom stereocenters. The van der Waals surface area contributed by atoms with Crippen LogP contribution < -0.4 is 4.74 Å². The average Bonchev–Trinajstić information content (AvgIpc) is 2.78. The van der Waals surface area contributed by atoms with Gasteiger partial charge >= 0.3 is 0 Å². The Kier molecular flexibility index (Phi) is 3.16. The maximum atomic E-state index is 5.12. The fourth-order valence-corrected chi connectivity index (χ4v) is 1.32. The first-order valence-corrected chi connectivity index (χ1v) is 4.79. The maximum absolute atomic E-state index is 5.12. The average molecular weight is 220 g/mol. The molecule has 0 amide bonds. The van der Waals surface area contributed by atoms with Gasteiger partial charge in [0.1, 0.15) is 12.4 Å². The van der Waals surface area contributed by atoms with Crippen molar-refractivity contribution >= 4 is 0 Å². The van der Waals surface area contributed by atoms with Gasteiger partial charge < -0.3 is 14.0 Å². The summed E-state index contributed by atoms with van der Waals surface area (Å²) in [5.41, 5.74) is 0.852. The summed E-state index contributed by atoms with van der Waals surface area (Å²) >= 11 is 0.